The third kappa shape index (κ3) is 4.60. The first-order valence-electron chi connectivity index (χ1n) is 8.52. The second kappa shape index (κ2) is 8.48. The molecule has 0 saturated carbocycles. The quantitative estimate of drug-likeness (QED) is 0.573. The van der Waals surface area contributed by atoms with Crippen LogP contribution in [0.1, 0.15) is 43.5 Å². The van der Waals surface area contributed by atoms with Crippen molar-refractivity contribution in [2.24, 2.45) is 11.8 Å². The van der Waals surface area contributed by atoms with E-state index in [1.165, 1.54) is 7.11 Å². The maximum Gasteiger partial charge on any atom is 0.328 e. The molecule has 1 aliphatic rings. The zero-order valence-corrected chi connectivity index (χ0v) is 15.6. The zero-order valence-electron chi connectivity index (χ0n) is 14.8. The van der Waals surface area contributed by atoms with Crippen molar-refractivity contribution in [3.05, 3.63) is 34.9 Å². The molecule has 0 N–H and O–H groups in total. The van der Waals surface area contributed by atoms with Gasteiger partial charge in [-0.25, -0.2) is 4.79 Å². The molecule has 0 bridgehead atoms. The molecule has 1 aromatic carbocycles. The lowest BCUT2D eigenvalue weighted by Gasteiger charge is -2.29. The molecule has 1 aliphatic heterocycles. The molecule has 0 unspecified atom stereocenters. The van der Waals surface area contributed by atoms with E-state index >= 15 is 0 Å². The van der Waals surface area contributed by atoms with Gasteiger partial charge in [0.25, 0.3) is 0 Å². The molecular formula is C19H24ClNO4. The van der Waals surface area contributed by atoms with E-state index in [-0.39, 0.29) is 24.0 Å². The molecule has 2 atom stereocenters. The molecule has 1 fully saturated rings. The first-order chi connectivity index (χ1) is 11.8. The van der Waals surface area contributed by atoms with E-state index < -0.39 is 17.9 Å². The van der Waals surface area contributed by atoms with Gasteiger partial charge in [0.2, 0.25) is 5.91 Å². The van der Waals surface area contributed by atoms with Crippen LogP contribution in [0.25, 0.3) is 0 Å². The Kier molecular flexibility index (Phi) is 6.59. The van der Waals surface area contributed by atoms with E-state index in [4.69, 9.17) is 16.3 Å². The van der Waals surface area contributed by atoms with Crippen molar-refractivity contribution in [3.63, 3.8) is 0 Å². The summed E-state index contributed by atoms with van der Waals surface area (Å²) in [7, 11) is 1.33. The van der Waals surface area contributed by atoms with Crippen LogP contribution in [0.3, 0.4) is 0 Å². The molecule has 1 aromatic rings. The van der Waals surface area contributed by atoms with Gasteiger partial charge in [-0.05, 0) is 43.0 Å². The summed E-state index contributed by atoms with van der Waals surface area (Å²) in [6.45, 7) is 4.36. The van der Waals surface area contributed by atoms with Gasteiger partial charge in [0.05, 0.1) is 7.11 Å². The summed E-state index contributed by atoms with van der Waals surface area (Å²) in [5, 5.41) is 0.561. The first kappa shape index (κ1) is 19.4. The summed E-state index contributed by atoms with van der Waals surface area (Å²) < 4.78 is 4.80. The van der Waals surface area contributed by atoms with Crippen molar-refractivity contribution in [1.82, 2.24) is 4.90 Å². The second-order valence-corrected chi connectivity index (χ2v) is 7.13. The maximum absolute atomic E-state index is 13.0. The van der Waals surface area contributed by atoms with Crippen molar-refractivity contribution in [3.8, 4) is 0 Å². The Morgan fingerprint density at radius 1 is 1.24 bits per heavy atom. The Morgan fingerprint density at radius 2 is 1.88 bits per heavy atom. The van der Waals surface area contributed by atoms with E-state index in [0.29, 0.717) is 23.6 Å². The summed E-state index contributed by atoms with van der Waals surface area (Å²) in [4.78, 5) is 39.0. The lowest BCUT2D eigenvalue weighted by molar-refractivity contribution is -0.152. The number of hydrogen-bond acceptors (Lipinski definition) is 4. The Hall–Kier alpha value is -1.88. The van der Waals surface area contributed by atoms with Crippen LogP contribution in [0, 0.1) is 11.8 Å². The summed E-state index contributed by atoms with van der Waals surface area (Å²) >= 11 is 5.85. The predicted octanol–water partition coefficient (Wildman–Crippen LogP) is 3.35. The number of carbonyl (C=O) groups excluding carboxylic acids is 3. The van der Waals surface area contributed by atoms with Crippen LogP contribution < -0.4 is 0 Å². The van der Waals surface area contributed by atoms with Gasteiger partial charge in [0, 0.05) is 29.5 Å². The molecule has 0 spiro atoms. The molecule has 0 radical (unpaired) electrons. The first-order valence-corrected chi connectivity index (χ1v) is 8.90. The van der Waals surface area contributed by atoms with Crippen LogP contribution in [0.15, 0.2) is 24.3 Å². The Morgan fingerprint density at radius 3 is 2.44 bits per heavy atom. The van der Waals surface area contributed by atoms with Crippen molar-refractivity contribution >= 4 is 29.3 Å². The van der Waals surface area contributed by atoms with Gasteiger partial charge in [0.1, 0.15) is 6.04 Å². The minimum Gasteiger partial charge on any atom is -0.467 e. The SMILES string of the molecule is COC(=O)[C@@H]1CCCN1C(=O)[C@@H](CC(=O)c1ccc(Cl)cc1)C(C)C. The van der Waals surface area contributed by atoms with Gasteiger partial charge in [-0.3, -0.25) is 9.59 Å². The Labute approximate surface area is 153 Å². The number of halogens is 1. The number of nitrogens with zero attached hydrogens (tertiary/aromatic N) is 1. The molecule has 25 heavy (non-hydrogen) atoms. The summed E-state index contributed by atoms with van der Waals surface area (Å²) in [5.74, 6) is -1.11. The van der Waals surface area contributed by atoms with Crippen LogP contribution in [-0.2, 0) is 14.3 Å². The highest BCUT2D eigenvalue weighted by Gasteiger charge is 2.39. The third-order valence-corrected chi connectivity index (χ3v) is 4.95. The predicted molar refractivity (Wildman–Crippen MR) is 95.5 cm³/mol. The summed E-state index contributed by atoms with van der Waals surface area (Å²) in [6.07, 6.45) is 1.48. The van der Waals surface area contributed by atoms with E-state index in [1.54, 1.807) is 29.2 Å². The van der Waals surface area contributed by atoms with E-state index in [2.05, 4.69) is 0 Å². The molecule has 1 amide bonds. The monoisotopic (exact) mass is 365 g/mol. The average Bonchev–Trinajstić information content (AvgIpc) is 3.08. The van der Waals surface area contributed by atoms with E-state index in [0.717, 1.165) is 6.42 Å². The molecule has 136 valence electrons. The van der Waals surface area contributed by atoms with E-state index in [1.807, 2.05) is 13.8 Å². The van der Waals surface area contributed by atoms with Crippen molar-refractivity contribution in [2.75, 3.05) is 13.7 Å². The van der Waals surface area contributed by atoms with Gasteiger partial charge in [-0.1, -0.05) is 25.4 Å². The van der Waals surface area contributed by atoms with Crippen molar-refractivity contribution in [1.29, 1.82) is 0 Å². The molecule has 6 heteroatoms. The maximum atomic E-state index is 13.0. The number of ketones is 1. The number of rotatable bonds is 6. The van der Waals surface area contributed by atoms with Gasteiger partial charge < -0.3 is 9.64 Å². The molecule has 0 aliphatic carbocycles. The van der Waals surface area contributed by atoms with Gasteiger partial charge in [0.15, 0.2) is 5.78 Å². The Bertz CT molecular complexity index is 641. The van der Waals surface area contributed by atoms with Crippen LogP contribution in [-0.4, -0.2) is 42.3 Å². The largest absolute Gasteiger partial charge is 0.467 e. The smallest absolute Gasteiger partial charge is 0.328 e. The normalized spacial score (nSPS) is 18.3. The molecule has 1 saturated heterocycles. The number of likely N-dealkylation sites (tertiary alicyclic amines) is 1. The lowest BCUT2D eigenvalue weighted by Crippen LogP contribution is -2.45. The fourth-order valence-electron chi connectivity index (χ4n) is 3.19. The fraction of sp³-hybridized carbons (Fsp3) is 0.526. The number of methoxy groups -OCH3 is 1. The average molecular weight is 366 g/mol. The number of ether oxygens (including phenoxy) is 1. The van der Waals surface area contributed by atoms with Gasteiger partial charge in [-0.15, -0.1) is 0 Å². The van der Waals surface area contributed by atoms with Crippen LogP contribution in [0.5, 0.6) is 0 Å². The molecular weight excluding hydrogens is 342 g/mol. The number of amides is 1. The van der Waals surface area contributed by atoms with Crippen LogP contribution in [0.2, 0.25) is 5.02 Å². The number of hydrogen-bond donors (Lipinski definition) is 0. The van der Waals surface area contributed by atoms with Crippen LogP contribution in [0.4, 0.5) is 0 Å². The summed E-state index contributed by atoms with van der Waals surface area (Å²) in [6, 6.07) is 6.12. The summed E-state index contributed by atoms with van der Waals surface area (Å²) in [5.41, 5.74) is 0.536. The number of benzene rings is 1. The highest BCUT2D eigenvalue weighted by Crippen LogP contribution is 2.27. The minimum atomic E-state index is -0.538. The molecule has 2 rings (SSSR count). The number of carbonyl (C=O) groups is 3. The molecule has 1 heterocycles. The second-order valence-electron chi connectivity index (χ2n) is 6.70. The lowest BCUT2D eigenvalue weighted by atomic mass is 9.87. The van der Waals surface area contributed by atoms with Crippen molar-refractivity contribution < 1.29 is 19.1 Å². The van der Waals surface area contributed by atoms with Gasteiger partial charge >= 0.3 is 5.97 Å². The van der Waals surface area contributed by atoms with Crippen LogP contribution >= 0.6 is 11.6 Å². The molecule has 5 nitrogen and oxygen atoms in total. The highest BCUT2D eigenvalue weighted by atomic mass is 35.5. The highest BCUT2D eigenvalue weighted by molar-refractivity contribution is 6.30. The zero-order chi connectivity index (χ0) is 18.6. The molecule has 0 aromatic heterocycles. The third-order valence-electron chi connectivity index (χ3n) is 4.70. The van der Waals surface area contributed by atoms with Gasteiger partial charge in [-0.2, -0.15) is 0 Å². The number of esters is 1. The standard InChI is InChI=1S/C19H24ClNO4/c1-12(2)15(11-17(22)13-6-8-14(20)9-7-13)18(23)21-10-4-5-16(21)19(24)25-3/h6-9,12,15-16H,4-5,10-11H2,1-3H3/t15-,16-/m0/s1. The van der Waals surface area contributed by atoms with Crippen molar-refractivity contribution in [2.45, 2.75) is 39.2 Å². The minimum absolute atomic E-state index is 0.0114. The topological polar surface area (TPSA) is 63.7 Å². The fourth-order valence-corrected chi connectivity index (χ4v) is 3.31. The van der Waals surface area contributed by atoms with E-state index in [9.17, 15) is 14.4 Å². The Balaban J connectivity index is 2.14. The number of Topliss-reactive ketones (excluding diaryl/α,β-unsaturated/α-hetero) is 1.